The molecule has 0 N–H and O–H groups in total. The molecule has 0 bridgehead atoms. The Balaban J connectivity index is 1.57. The van der Waals surface area contributed by atoms with Crippen LogP contribution in [-0.4, -0.2) is 48.5 Å². The Morgan fingerprint density at radius 1 is 1.24 bits per heavy atom. The predicted octanol–water partition coefficient (Wildman–Crippen LogP) is 3.22. The van der Waals surface area contributed by atoms with Crippen LogP contribution in [0.5, 0.6) is 0 Å². The van der Waals surface area contributed by atoms with Gasteiger partial charge in [-0.1, -0.05) is 18.2 Å². The quantitative estimate of drug-likeness (QED) is 0.629. The molecule has 3 aliphatic heterocycles. The molecule has 4 nitrogen and oxygen atoms in total. The average Bonchev–Trinajstić information content (AvgIpc) is 3.19. The molecule has 1 aromatic rings. The Bertz CT molecular complexity index is 492. The Labute approximate surface area is 131 Å². The maximum Gasteiger partial charge on any atom is 0.218 e. The van der Waals surface area contributed by atoms with Gasteiger partial charge in [0.2, 0.25) is 8.45 Å². The van der Waals surface area contributed by atoms with E-state index in [0.717, 1.165) is 13.1 Å². The molecule has 114 valence electrons. The van der Waals surface area contributed by atoms with E-state index < -0.39 is 8.45 Å². The second-order valence-corrected chi connectivity index (χ2v) is 8.10. The van der Waals surface area contributed by atoms with E-state index in [2.05, 4.69) is 39.7 Å². The van der Waals surface area contributed by atoms with Crippen LogP contribution in [0.3, 0.4) is 0 Å². The first-order chi connectivity index (χ1) is 10.3. The number of nitrogens with zero attached hydrogens (tertiary/aromatic N) is 2. The monoisotopic (exact) mass is 326 g/mol. The van der Waals surface area contributed by atoms with Crippen molar-refractivity contribution in [3.63, 3.8) is 0 Å². The topological polar surface area (TPSA) is 24.9 Å². The lowest BCUT2D eigenvalue weighted by atomic mass is 10.2. The van der Waals surface area contributed by atoms with Gasteiger partial charge in [-0.2, -0.15) is 0 Å². The number of fused-ring (bicyclic) bond motifs is 1. The molecule has 3 aliphatic rings. The summed E-state index contributed by atoms with van der Waals surface area (Å²) in [5, 5.41) is -0.0215. The maximum atomic E-state index is 6.43. The molecule has 0 amide bonds. The van der Waals surface area contributed by atoms with E-state index in [9.17, 15) is 0 Å². The van der Waals surface area contributed by atoms with Gasteiger partial charge < -0.3 is 13.9 Å². The Morgan fingerprint density at radius 3 is 2.86 bits per heavy atom. The van der Waals surface area contributed by atoms with Gasteiger partial charge in [0, 0.05) is 24.8 Å². The van der Waals surface area contributed by atoms with Crippen molar-refractivity contribution in [2.24, 2.45) is 0 Å². The minimum Gasteiger partial charge on any atom is -0.377 e. The molecule has 0 aliphatic carbocycles. The number of hydrogen-bond donors (Lipinski definition) is 0. The zero-order valence-corrected chi connectivity index (χ0v) is 13.5. The Morgan fingerprint density at radius 2 is 2.10 bits per heavy atom. The van der Waals surface area contributed by atoms with E-state index in [4.69, 9.17) is 20.9 Å². The van der Waals surface area contributed by atoms with Crippen LogP contribution < -0.4 is 4.67 Å². The molecule has 4 unspecified atom stereocenters. The normalized spacial score (nSPS) is 36.3. The number of rotatable bonds is 3. The highest BCUT2D eigenvalue weighted by atomic mass is 35.5. The number of alkyl halides is 1. The van der Waals surface area contributed by atoms with Crippen molar-refractivity contribution in [1.29, 1.82) is 0 Å². The number of ether oxygens (including phenoxy) is 1. The van der Waals surface area contributed by atoms with Crippen molar-refractivity contribution in [3.8, 4) is 0 Å². The Kier molecular flexibility index (Phi) is 4.08. The van der Waals surface area contributed by atoms with Crippen molar-refractivity contribution in [2.75, 3.05) is 31.0 Å². The first-order valence-electron chi connectivity index (χ1n) is 7.61. The average molecular weight is 327 g/mol. The molecular formula is C15H20ClN2O2P. The van der Waals surface area contributed by atoms with Gasteiger partial charge in [-0.05, 0) is 25.0 Å². The van der Waals surface area contributed by atoms with E-state index in [1.807, 2.05) is 0 Å². The summed E-state index contributed by atoms with van der Waals surface area (Å²) in [7, 11) is -0.761. The van der Waals surface area contributed by atoms with Gasteiger partial charge in [-0.25, -0.2) is 4.67 Å². The lowest BCUT2D eigenvalue weighted by molar-refractivity contribution is 0.145. The van der Waals surface area contributed by atoms with E-state index in [0.29, 0.717) is 19.3 Å². The van der Waals surface area contributed by atoms with Crippen molar-refractivity contribution in [3.05, 3.63) is 30.3 Å². The summed E-state index contributed by atoms with van der Waals surface area (Å²) in [5.74, 6) is 0. The van der Waals surface area contributed by atoms with Gasteiger partial charge in [0.25, 0.3) is 0 Å². The standard InChI is InChI=1S/C15H20ClN2O2P/c16-14-10-19-11-15(14)20-21-17-8-4-7-13(17)9-18(21)12-5-2-1-3-6-12/h1-3,5-6,13-15H,4,7-11H2. The number of hydrogen-bond acceptors (Lipinski definition) is 4. The lowest BCUT2D eigenvalue weighted by Crippen LogP contribution is -2.26. The summed E-state index contributed by atoms with van der Waals surface area (Å²) < 4.78 is 16.9. The van der Waals surface area contributed by atoms with Gasteiger partial charge >= 0.3 is 0 Å². The largest absolute Gasteiger partial charge is 0.377 e. The minimum absolute atomic E-state index is 0.0170. The summed E-state index contributed by atoms with van der Waals surface area (Å²) in [6.45, 7) is 3.43. The number of benzene rings is 1. The van der Waals surface area contributed by atoms with Gasteiger partial charge in [-0.15, -0.1) is 11.6 Å². The van der Waals surface area contributed by atoms with Crippen molar-refractivity contribution in [1.82, 2.24) is 4.67 Å². The Hall–Kier alpha value is -0.380. The van der Waals surface area contributed by atoms with Crippen molar-refractivity contribution in [2.45, 2.75) is 30.4 Å². The number of halogens is 1. The molecule has 4 atom stereocenters. The van der Waals surface area contributed by atoms with Crippen molar-refractivity contribution < 1.29 is 9.26 Å². The molecule has 0 spiro atoms. The predicted molar refractivity (Wildman–Crippen MR) is 85.8 cm³/mol. The molecule has 21 heavy (non-hydrogen) atoms. The van der Waals surface area contributed by atoms with E-state index >= 15 is 0 Å². The first-order valence-corrected chi connectivity index (χ1v) is 9.21. The van der Waals surface area contributed by atoms with Crippen LogP contribution in [0.2, 0.25) is 0 Å². The molecule has 3 heterocycles. The van der Waals surface area contributed by atoms with Crippen LogP contribution in [0.15, 0.2) is 30.3 Å². The highest BCUT2D eigenvalue weighted by Gasteiger charge is 2.46. The van der Waals surface area contributed by atoms with Crippen LogP contribution in [0.25, 0.3) is 0 Å². The summed E-state index contributed by atoms with van der Waals surface area (Å²) >= 11 is 6.32. The second-order valence-electron chi connectivity index (χ2n) is 5.83. The fourth-order valence-electron chi connectivity index (χ4n) is 3.29. The van der Waals surface area contributed by atoms with E-state index in [1.165, 1.54) is 18.5 Å². The fourth-order valence-corrected chi connectivity index (χ4v) is 5.97. The lowest BCUT2D eigenvalue weighted by Gasteiger charge is -2.31. The molecule has 4 rings (SSSR count). The summed E-state index contributed by atoms with van der Waals surface area (Å²) in [4.78, 5) is 0. The maximum absolute atomic E-state index is 6.43. The summed E-state index contributed by atoms with van der Waals surface area (Å²) in [6.07, 6.45) is 2.57. The van der Waals surface area contributed by atoms with Crippen LogP contribution >= 0.6 is 20.1 Å². The molecule has 0 saturated carbocycles. The highest BCUT2D eigenvalue weighted by Crippen LogP contribution is 2.57. The third-order valence-electron chi connectivity index (χ3n) is 4.40. The minimum atomic E-state index is -0.761. The van der Waals surface area contributed by atoms with Gasteiger partial charge in [-0.3, -0.25) is 0 Å². The van der Waals surface area contributed by atoms with Crippen LogP contribution in [-0.2, 0) is 9.26 Å². The summed E-state index contributed by atoms with van der Waals surface area (Å²) in [5.41, 5.74) is 1.25. The number of para-hydroxylation sites is 1. The van der Waals surface area contributed by atoms with Crippen LogP contribution in [0, 0.1) is 0 Å². The highest BCUT2D eigenvalue weighted by molar-refractivity contribution is 7.52. The van der Waals surface area contributed by atoms with Gasteiger partial charge in [0.05, 0.1) is 18.6 Å². The van der Waals surface area contributed by atoms with Gasteiger partial charge in [0.15, 0.2) is 0 Å². The first kappa shape index (κ1) is 14.2. The van der Waals surface area contributed by atoms with E-state index in [1.54, 1.807) is 0 Å². The summed E-state index contributed by atoms with van der Waals surface area (Å²) in [6, 6.07) is 11.2. The van der Waals surface area contributed by atoms with E-state index in [-0.39, 0.29) is 11.5 Å². The van der Waals surface area contributed by atoms with Crippen molar-refractivity contribution >= 4 is 25.7 Å². The zero-order valence-electron chi connectivity index (χ0n) is 11.9. The zero-order chi connectivity index (χ0) is 14.2. The number of anilines is 1. The smallest absolute Gasteiger partial charge is 0.218 e. The molecule has 0 radical (unpaired) electrons. The molecule has 0 aromatic heterocycles. The van der Waals surface area contributed by atoms with Crippen LogP contribution in [0.4, 0.5) is 5.69 Å². The molecule has 6 heteroatoms. The molecule has 3 saturated heterocycles. The third kappa shape index (κ3) is 2.69. The van der Waals surface area contributed by atoms with Gasteiger partial charge in [0.1, 0.15) is 6.10 Å². The van der Waals surface area contributed by atoms with Crippen LogP contribution in [0.1, 0.15) is 12.8 Å². The molecule has 3 fully saturated rings. The second kappa shape index (κ2) is 6.02. The fraction of sp³-hybridized carbons (Fsp3) is 0.600. The molecule has 1 aromatic carbocycles. The SMILES string of the molecule is ClC1COCC1OP1N(c2ccccc2)CC2CCCN21. The third-order valence-corrected chi connectivity index (χ3v) is 7.04. The molecular weight excluding hydrogens is 307 g/mol.